The summed E-state index contributed by atoms with van der Waals surface area (Å²) in [6.07, 6.45) is 0. The molecule has 6 heteroatoms. The van der Waals surface area contributed by atoms with Gasteiger partial charge >= 0.3 is 6.03 Å². The number of nitrogens with one attached hydrogen (secondary N) is 2. The number of urea groups is 1. The van der Waals surface area contributed by atoms with Gasteiger partial charge in [-0.2, -0.15) is 0 Å². The number of methoxy groups -OCH3 is 1. The summed E-state index contributed by atoms with van der Waals surface area (Å²) in [5.41, 5.74) is 7.93. The number of rotatable bonds is 6. The maximum atomic E-state index is 13.1. The number of amides is 2. The summed E-state index contributed by atoms with van der Waals surface area (Å²) in [6.45, 7) is 0.423. The molecule has 5 rings (SSSR count). The fourth-order valence-corrected chi connectivity index (χ4v) is 3.90. The molecule has 0 fully saturated rings. The van der Waals surface area contributed by atoms with Gasteiger partial charge in [0.25, 0.3) is 0 Å². The molecule has 35 heavy (non-hydrogen) atoms. The van der Waals surface area contributed by atoms with Crippen LogP contribution in [0.25, 0.3) is 11.3 Å². The van der Waals surface area contributed by atoms with Gasteiger partial charge < -0.3 is 14.8 Å². The van der Waals surface area contributed by atoms with E-state index in [1.807, 2.05) is 109 Å². The molecule has 0 bridgehead atoms. The maximum absolute atomic E-state index is 13.1. The van der Waals surface area contributed by atoms with Gasteiger partial charge in [-0.3, -0.25) is 5.43 Å². The van der Waals surface area contributed by atoms with Crippen molar-refractivity contribution in [2.24, 2.45) is 0 Å². The van der Waals surface area contributed by atoms with Crippen LogP contribution >= 0.6 is 0 Å². The van der Waals surface area contributed by atoms with Gasteiger partial charge in [-0.15, -0.1) is 0 Å². The molecule has 0 spiro atoms. The number of hydrogen-bond donors (Lipinski definition) is 2. The van der Waals surface area contributed by atoms with Crippen molar-refractivity contribution in [3.05, 3.63) is 120 Å². The number of hydrazine groups is 1. The first-order valence-corrected chi connectivity index (χ1v) is 11.3. The minimum absolute atomic E-state index is 0.251. The van der Waals surface area contributed by atoms with Gasteiger partial charge in [0.2, 0.25) is 0 Å². The summed E-state index contributed by atoms with van der Waals surface area (Å²) >= 11 is 0. The lowest BCUT2D eigenvalue weighted by Crippen LogP contribution is -2.40. The van der Waals surface area contributed by atoms with Crippen LogP contribution in [0.3, 0.4) is 0 Å². The second kappa shape index (κ2) is 10.1. The molecule has 0 atom stereocenters. The van der Waals surface area contributed by atoms with E-state index in [-0.39, 0.29) is 6.03 Å². The fraction of sp³-hybridized carbons (Fsp3) is 0.0690. The lowest BCUT2D eigenvalue weighted by atomic mass is 10.0. The van der Waals surface area contributed by atoms with Crippen LogP contribution < -0.4 is 20.2 Å². The van der Waals surface area contributed by atoms with Crippen molar-refractivity contribution in [2.75, 3.05) is 19.0 Å². The van der Waals surface area contributed by atoms with Crippen LogP contribution in [0.1, 0.15) is 11.1 Å². The quantitative estimate of drug-likeness (QED) is 0.347. The number of hydrogen-bond acceptors (Lipinski definition) is 4. The molecule has 0 aromatic heterocycles. The maximum Gasteiger partial charge on any atom is 0.340 e. The topological polar surface area (TPSA) is 62.8 Å². The Hall–Kier alpha value is -4.71. The Morgan fingerprint density at radius 2 is 1.34 bits per heavy atom. The average molecular weight is 464 g/mol. The molecule has 4 aromatic rings. The smallest absolute Gasteiger partial charge is 0.340 e. The lowest BCUT2D eigenvalue weighted by Gasteiger charge is -2.19. The molecule has 4 aromatic carbocycles. The van der Waals surface area contributed by atoms with Crippen molar-refractivity contribution < 1.29 is 14.3 Å². The highest BCUT2D eigenvalue weighted by atomic mass is 16.5. The highest BCUT2D eigenvalue weighted by molar-refractivity contribution is 5.98. The number of nitrogens with zero attached hydrogens (tertiary/aromatic N) is 1. The minimum Gasteiger partial charge on any atom is -0.497 e. The van der Waals surface area contributed by atoms with E-state index in [2.05, 4.69) is 10.7 Å². The van der Waals surface area contributed by atoms with E-state index in [9.17, 15) is 4.79 Å². The Morgan fingerprint density at radius 1 is 0.743 bits per heavy atom. The first-order chi connectivity index (χ1) is 17.2. The third kappa shape index (κ3) is 5.12. The van der Waals surface area contributed by atoms with Crippen molar-refractivity contribution in [1.29, 1.82) is 0 Å². The Morgan fingerprint density at radius 3 is 2.00 bits per heavy atom. The number of anilines is 1. The SMILES string of the molecule is COc1ccc(C2=C(c3ccccc3)CN(C(=O)Nc3ccc(Oc4ccccc4)cc3)N2)cc1. The van der Waals surface area contributed by atoms with Crippen molar-refractivity contribution in [2.45, 2.75) is 0 Å². The van der Waals surface area contributed by atoms with E-state index in [0.29, 0.717) is 18.0 Å². The monoisotopic (exact) mass is 463 g/mol. The molecule has 0 radical (unpaired) electrons. The van der Waals surface area contributed by atoms with Gasteiger partial charge in [0.15, 0.2) is 0 Å². The number of para-hydroxylation sites is 1. The lowest BCUT2D eigenvalue weighted by molar-refractivity contribution is 0.210. The van der Waals surface area contributed by atoms with Crippen LogP contribution in [0.15, 0.2) is 109 Å². The van der Waals surface area contributed by atoms with Crippen LogP contribution in [0, 0.1) is 0 Å². The predicted molar refractivity (Wildman–Crippen MR) is 138 cm³/mol. The zero-order chi connectivity index (χ0) is 24.0. The highest BCUT2D eigenvalue weighted by Gasteiger charge is 2.27. The Balaban J connectivity index is 1.31. The van der Waals surface area contributed by atoms with E-state index >= 15 is 0 Å². The van der Waals surface area contributed by atoms with E-state index < -0.39 is 0 Å². The second-order valence-corrected chi connectivity index (χ2v) is 8.02. The third-order valence-corrected chi connectivity index (χ3v) is 5.70. The predicted octanol–water partition coefficient (Wildman–Crippen LogP) is 6.41. The van der Waals surface area contributed by atoms with E-state index in [4.69, 9.17) is 9.47 Å². The van der Waals surface area contributed by atoms with Crippen LogP contribution in [0.2, 0.25) is 0 Å². The summed E-state index contributed by atoms with van der Waals surface area (Å²) in [5.74, 6) is 2.24. The summed E-state index contributed by atoms with van der Waals surface area (Å²) in [6, 6.07) is 34.5. The van der Waals surface area contributed by atoms with E-state index in [1.165, 1.54) is 0 Å². The largest absolute Gasteiger partial charge is 0.497 e. The van der Waals surface area contributed by atoms with Crippen LogP contribution in [-0.2, 0) is 0 Å². The van der Waals surface area contributed by atoms with Gasteiger partial charge in [0.1, 0.15) is 17.2 Å². The molecular formula is C29H25N3O3. The highest BCUT2D eigenvalue weighted by Crippen LogP contribution is 2.31. The van der Waals surface area contributed by atoms with E-state index in [1.54, 1.807) is 12.1 Å². The molecular weight excluding hydrogens is 438 g/mol. The first kappa shape index (κ1) is 22.1. The number of ether oxygens (including phenoxy) is 2. The molecule has 0 aliphatic carbocycles. The molecule has 1 aliphatic rings. The molecule has 2 N–H and O–H groups in total. The van der Waals surface area contributed by atoms with Gasteiger partial charge in [-0.1, -0.05) is 48.5 Å². The molecule has 2 amide bonds. The number of carbonyl (C=O) groups excluding carboxylic acids is 1. The van der Waals surface area contributed by atoms with Crippen LogP contribution in [0.5, 0.6) is 17.2 Å². The van der Waals surface area contributed by atoms with Crippen molar-refractivity contribution in [3.8, 4) is 17.2 Å². The van der Waals surface area contributed by atoms with Crippen LogP contribution in [0.4, 0.5) is 10.5 Å². The second-order valence-electron chi connectivity index (χ2n) is 8.02. The number of carbonyl (C=O) groups is 1. The van der Waals surface area contributed by atoms with E-state index in [0.717, 1.165) is 33.9 Å². The van der Waals surface area contributed by atoms with Gasteiger partial charge in [0, 0.05) is 16.8 Å². The zero-order valence-electron chi connectivity index (χ0n) is 19.3. The molecule has 6 nitrogen and oxygen atoms in total. The molecule has 0 saturated carbocycles. The van der Waals surface area contributed by atoms with Gasteiger partial charge in [0.05, 0.1) is 19.4 Å². The normalized spacial score (nSPS) is 12.8. The average Bonchev–Trinajstić information content (AvgIpc) is 3.37. The standard InChI is InChI=1S/C29H25N3O3/c1-34-24-16-12-22(13-17-24)28-27(21-8-4-2-5-9-21)20-32(31-28)29(33)30-23-14-18-26(19-15-23)35-25-10-6-3-7-11-25/h2-19,31H,20H2,1H3,(H,30,33). The van der Waals surface area contributed by atoms with Crippen molar-refractivity contribution in [1.82, 2.24) is 10.4 Å². The molecule has 0 saturated heterocycles. The zero-order valence-corrected chi connectivity index (χ0v) is 19.3. The summed E-state index contributed by atoms with van der Waals surface area (Å²) < 4.78 is 11.1. The molecule has 1 heterocycles. The number of benzene rings is 4. The Kier molecular flexibility index (Phi) is 6.35. The summed E-state index contributed by atoms with van der Waals surface area (Å²) in [4.78, 5) is 13.1. The molecule has 0 unspecified atom stereocenters. The summed E-state index contributed by atoms with van der Waals surface area (Å²) in [7, 11) is 1.64. The summed E-state index contributed by atoms with van der Waals surface area (Å²) in [5, 5.41) is 4.54. The molecule has 174 valence electrons. The first-order valence-electron chi connectivity index (χ1n) is 11.3. The minimum atomic E-state index is -0.251. The van der Waals surface area contributed by atoms with Crippen molar-refractivity contribution >= 4 is 23.0 Å². The Labute approximate surface area is 204 Å². The molecule has 1 aliphatic heterocycles. The van der Waals surface area contributed by atoms with Crippen molar-refractivity contribution in [3.63, 3.8) is 0 Å². The van der Waals surface area contributed by atoms with Gasteiger partial charge in [-0.05, 0) is 66.2 Å². The van der Waals surface area contributed by atoms with Crippen LogP contribution in [-0.4, -0.2) is 24.7 Å². The van der Waals surface area contributed by atoms with Gasteiger partial charge in [-0.25, -0.2) is 9.80 Å². The fourth-order valence-electron chi connectivity index (χ4n) is 3.90. The third-order valence-electron chi connectivity index (χ3n) is 5.70. The Bertz CT molecular complexity index is 1320.